The highest BCUT2D eigenvalue weighted by Gasteiger charge is 2.54. The molecule has 8 nitrogen and oxygen atoms in total. The summed E-state index contributed by atoms with van der Waals surface area (Å²) in [6, 6.07) is 12.2. The van der Waals surface area contributed by atoms with Crippen LogP contribution in [0.3, 0.4) is 0 Å². The standard InChI is InChI=1S/C28H31N3O5S/c1-16-13-17(2)24(18(3)14-16)30-27(33)29-22-15-23(20-8-10-21(36-5)11-9-20)37-25(22)26(32)31(28(34)35)12-6-7-19(31)4/h8-11,13-15,19H,6-7,12H2,1-5H3,(H2-,29,30,32,33,34,35)/p+1/t19-,31?/m1/s1. The van der Waals surface area contributed by atoms with Crippen molar-refractivity contribution in [2.24, 2.45) is 0 Å². The minimum Gasteiger partial charge on any atom is -0.497 e. The van der Waals surface area contributed by atoms with Crippen LogP contribution in [0.5, 0.6) is 5.75 Å². The Kier molecular flexibility index (Phi) is 7.38. The number of nitrogens with one attached hydrogen (secondary N) is 2. The highest BCUT2D eigenvalue weighted by Crippen LogP contribution is 2.40. The number of likely N-dealkylation sites (tertiary alicyclic amines) is 1. The van der Waals surface area contributed by atoms with Gasteiger partial charge in [-0.1, -0.05) is 17.7 Å². The van der Waals surface area contributed by atoms with Gasteiger partial charge in [0.2, 0.25) is 0 Å². The van der Waals surface area contributed by atoms with Crippen LogP contribution in [0.4, 0.5) is 21.0 Å². The monoisotopic (exact) mass is 522 g/mol. The number of quaternary nitrogens is 1. The molecule has 37 heavy (non-hydrogen) atoms. The van der Waals surface area contributed by atoms with Crippen LogP contribution >= 0.6 is 11.3 Å². The zero-order valence-electron chi connectivity index (χ0n) is 21.7. The molecule has 0 bridgehead atoms. The van der Waals surface area contributed by atoms with E-state index in [1.165, 1.54) is 11.3 Å². The van der Waals surface area contributed by atoms with Gasteiger partial charge in [-0.2, -0.15) is 9.28 Å². The number of urea groups is 1. The van der Waals surface area contributed by atoms with Crippen LogP contribution in [0.2, 0.25) is 0 Å². The largest absolute Gasteiger partial charge is 0.521 e. The van der Waals surface area contributed by atoms with Crippen molar-refractivity contribution in [2.45, 2.75) is 46.6 Å². The van der Waals surface area contributed by atoms with E-state index in [4.69, 9.17) is 4.74 Å². The minimum atomic E-state index is -1.17. The summed E-state index contributed by atoms with van der Waals surface area (Å²) in [6.07, 6.45) is 0.116. The Morgan fingerprint density at radius 1 is 1.03 bits per heavy atom. The van der Waals surface area contributed by atoms with E-state index < -0.39 is 22.5 Å². The number of ether oxygens (including phenoxy) is 1. The molecular weight excluding hydrogens is 490 g/mol. The molecule has 194 valence electrons. The SMILES string of the molecule is COc1ccc(-c2cc(NC(=O)Nc3c(C)cc(C)cc3C)c(C(=O)[N+]3(C(=O)O)CCC[C@H]3C)s2)cc1. The number of rotatable bonds is 5. The average Bonchev–Trinajstić information content (AvgIpc) is 3.45. The van der Waals surface area contributed by atoms with E-state index in [0.29, 0.717) is 30.0 Å². The summed E-state index contributed by atoms with van der Waals surface area (Å²) < 4.78 is 4.57. The van der Waals surface area contributed by atoms with Gasteiger partial charge in [-0.15, -0.1) is 11.3 Å². The summed E-state index contributed by atoms with van der Waals surface area (Å²) in [7, 11) is 1.58. The van der Waals surface area contributed by atoms with Gasteiger partial charge in [-0.3, -0.25) is 0 Å². The molecule has 0 aliphatic carbocycles. The van der Waals surface area contributed by atoms with Gasteiger partial charge in [0, 0.05) is 23.4 Å². The third-order valence-corrected chi connectivity index (χ3v) is 8.23. The van der Waals surface area contributed by atoms with E-state index in [1.54, 1.807) is 20.1 Å². The number of carbonyl (C=O) groups is 3. The molecule has 4 rings (SSSR count). The maximum absolute atomic E-state index is 13.9. The fourth-order valence-electron chi connectivity index (χ4n) is 5.12. The van der Waals surface area contributed by atoms with Gasteiger partial charge in [0.15, 0.2) is 4.88 Å². The van der Waals surface area contributed by atoms with Crippen molar-refractivity contribution in [3.8, 4) is 16.2 Å². The molecule has 0 spiro atoms. The summed E-state index contributed by atoms with van der Waals surface area (Å²) >= 11 is 1.18. The number of benzene rings is 2. The first-order valence-electron chi connectivity index (χ1n) is 12.2. The summed E-state index contributed by atoms with van der Waals surface area (Å²) in [5, 5.41) is 15.9. The van der Waals surface area contributed by atoms with Crippen molar-refractivity contribution in [3.05, 3.63) is 64.0 Å². The predicted molar refractivity (Wildman–Crippen MR) is 146 cm³/mol. The smallest absolute Gasteiger partial charge is 0.497 e. The van der Waals surface area contributed by atoms with Gasteiger partial charge < -0.3 is 20.5 Å². The van der Waals surface area contributed by atoms with Crippen LogP contribution in [0.25, 0.3) is 10.4 Å². The van der Waals surface area contributed by atoms with E-state index in [2.05, 4.69) is 10.6 Å². The Hall–Kier alpha value is -3.69. The molecule has 3 aromatic rings. The summed E-state index contributed by atoms with van der Waals surface area (Å²) in [5.74, 6) is 0.180. The number of carboxylic acid groups (broad SMARTS) is 1. The van der Waals surface area contributed by atoms with Crippen molar-refractivity contribution < 1.29 is 28.7 Å². The van der Waals surface area contributed by atoms with Crippen molar-refractivity contribution in [1.29, 1.82) is 0 Å². The number of hydrogen-bond acceptors (Lipinski definition) is 5. The lowest BCUT2D eigenvalue weighted by Crippen LogP contribution is -2.58. The Labute approximate surface area is 220 Å². The first kappa shape index (κ1) is 26.4. The molecule has 2 atom stereocenters. The molecule has 1 fully saturated rings. The molecule has 9 heteroatoms. The normalized spacial score (nSPS) is 18.9. The first-order valence-corrected chi connectivity index (χ1v) is 13.0. The Balaban J connectivity index is 1.73. The number of anilines is 2. The van der Waals surface area contributed by atoms with E-state index in [-0.39, 0.29) is 17.5 Å². The molecule has 1 aromatic heterocycles. The second kappa shape index (κ2) is 10.4. The molecule has 1 unspecified atom stereocenters. The van der Waals surface area contributed by atoms with Crippen LogP contribution in [0.15, 0.2) is 42.5 Å². The van der Waals surface area contributed by atoms with E-state index >= 15 is 0 Å². The minimum absolute atomic E-state index is 0.217. The second-order valence-corrected chi connectivity index (χ2v) is 10.7. The van der Waals surface area contributed by atoms with Crippen molar-refractivity contribution in [1.82, 2.24) is 0 Å². The number of aryl methyl sites for hydroxylation is 3. The second-order valence-electron chi connectivity index (χ2n) is 9.61. The summed E-state index contributed by atoms with van der Waals surface area (Å²) in [4.78, 5) is 40.4. The fraction of sp³-hybridized carbons (Fsp3) is 0.321. The van der Waals surface area contributed by atoms with Crippen LogP contribution in [0.1, 0.15) is 46.1 Å². The number of amides is 4. The lowest BCUT2D eigenvalue weighted by Gasteiger charge is -2.29. The first-order chi connectivity index (χ1) is 17.6. The number of methoxy groups -OCH3 is 1. The predicted octanol–water partition coefficient (Wildman–Crippen LogP) is 6.81. The molecule has 0 saturated carbocycles. The maximum Gasteiger partial charge on any atom is 0.521 e. The van der Waals surface area contributed by atoms with Crippen LogP contribution in [-0.4, -0.2) is 47.3 Å². The van der Waals surface area contributed by atoms with Crippen molar-refractivity contribution in [2.75, 3.05) is 24.3 Å². The number of hydrogen-bond donors (Lipinski definition) is 3. The highest BCUT2D eigenvalue weighted by molar-refractivity contribution is 7.18. The molecule has 1 aliphatic heterocycles. The molecule has 3 N–H and O–H groups in total. The zero-order chi connectivity index (χ0) is 26.9. The van der Waals surface area contributed by atoms with Gasteiger partial charge in [-0.05, 0) is 74.7 Å². The maximum atomic E-state index is 13.9. The number of carbonyl (C=O) groups excluding carboxylic acids is 2. The number of nitrogens with zero attached hydrogens (tertiary/aromatic N) is 1. The third kappa shape index (κ3) is 4.97. The number of imide groups is 1. The van der Waals surface area contributed by atoms with Crippen LogP contribution in [-0.2, 0) is 0 Å². The third-order valence-electron chi connectivity index (χ3n) is 7.05. The number of thiophene rings is 1. The van der Waals surface area contributed by atoms with Crippen LogP contribution < -0.4 is 15.4 Å². The van der Waals surface area contributed by atoms with Gasteiger partial charge in [0.1, 0.15) is 11.8 Å². The summed E-state index contributed by atoms with van der Waals surface area (Å²) in [6.45, 7) is 7.85. The van der Waals surface area contributed by atoms with Crippen molar-refractivity contribution in [3.63, 3.8) is 0 Å². The zero-order valence-corrected chi connectivity index (χ0v) is 22.5. The quantitative estimate of drug-likeness (QED) is 0.319. The molecule has 2 aromatic carbocycles. The van der Waals surface area contributed by atoms with Crippen LogP contribution in [0, 0.1) is 20.8 Å². The van der Waals surface area contributed by atoms with Gasteiger partial charge in [-0.25, -0.2) is 9.59 Å². The van der Waals surface area contributed by atoms with Gasteiger partial charge in [0.05, 0.1) is 19.3 Å². The molecular formula is C28H32N3O5S+. The summed E-state index contributed by atoms with van der Waals surface area (Å²) in [5.41, 5.74) is 4.76. The Bertz CT molecular complexity index is 1340. The van der Waals surface area contributed by atoms with E-state index in [1.807, 2.05) is 57.2 Å². The molecule has 2 heterocycles. The van der Waals surface area contributed by atoms with Gasteiger partial charge >= 0.3 is 18.0 Å². The highest BCUT2D eigenvalue weighted by atomic mass is 32.1. The Morgan fingerprint density at radius 3 is 2.22 bits per heavy atom. The van der Waals surface area contributed by atoms with E-state index in [0.717, 1.165) is 27.1 Å². The Morgan fingerprint density at radius 2 is 1.68 bits per heavy atom. The molecule has 0 radical (unpaired) electrons. The fourth-order valence-corrected chi connectivity index (χ4v) is 6.24. The molecule has 1 aliphatic rings. The molecule has 4 amide bonds. The molecule has 1 saturated heterocycles. The van der Waals surface area contributed by atoms with Gasteiger partial charge in [0.25, 0.3) is 0 Å². The lowest BCUT2D eigenvalue weighted by atomic mass is 10.1. The lowest BCUT2D eigenvalue weighted by molar-refractivity contribution is -0.785. The topological polar surface area (TPSA) is 105 Å². The van der Waals surface area contributed by atoms with Crippen molar-refractivity contribution >= 4 is 40.7 Å². The average molecular weight is 523 g/mol. The van der Waals surface area contributed by atoms with E-state index in [9.17, 15) is 19.5 Å².